The summed E-state index contributed by atoms with van der Waals surface area (Å²) in [6.45, 7) is -0.828. The van der Waals surface area contributed by atoms with E-state index in [4.69, 9.17) is 4.74 Å². The number of anilines is 1. The maximum absolute atomic E-state index is 13.3. The molecule has 0 bridgehead atoms. The van der Waals surface area contributed by atoms with E-state index >= 15 is 0 Å². The number of para-hydroxylation sites is 1. The van der Waals surface area contributed by atoms with Crippen LogP contribution in [0.15, 0.2) is 36.4 Å². The van der Waals surface area contributed by atoms with Crippen molar-refractivity contribution in [2.75, 3.05) is 11.9 Å². The summed E-state index contributed by atoms with van der Waals surface area (Å²) < 4.78 is 85.7. The Bertz CT molecular complexity index is 1400. The van der Waals surface area contributed by atoms with Gasteiger partial charge in [0.2, 0.25) is 11.8 Å². The number of alkyl halides is 6. The minimum atomic E-state index is -5.01. The standard InChI is InChI=1S/C23H18F6N4O4/c1-33-20-12(19(32-33)13-6-8-17(34)31-21(13)36)3-2-4-16(20)37-10-18(35)30-15-9-11(22(24,25)26)5-7-14(15)23(27,28)29/h2-5,7,9,13H,6,8,10H2,1H3,(H,30,35)(H,31,34,36). The highest BCUT2D eigenvalue weighted by Crippen LogP contribution is 2.39. The smallest absolute Gasteiger partial charge is 0.418 e. The topological polar surface area (TPSA) is 102 Å². The van der Waals surface area contributed by atoms with Crippen molar-refractivity contribution in [3.8, 4) is 5.75 Å². The van der Waals surface area contributed by atoms with Crippen LogP contribution < -0.4 is 15.4 Å². The molecule has 196 valence electrons. The van der Waals surface area contributed by atoms with Gasteiger partial charge in [-0.05, 0) is 30.7 Å². The molecule has 0 aliphatic carbocycles. The molecule has 2 aromatic carbocycles. The first-order valence-corrected chi connectivity index (χ1v) is 10.8. The zero-order valence-electron chi connectivity index (χ0n) is 19.0. The van der Waals surface area contributed by atoms with Crippen LogP contribution in [0, 0.1) is 0 Å². The van der Waals surface area contributed by atoms with Crippen molar-refractivity contribution in [1.29, 1.82) is 0 Å². The third-order valence-corrected chi connectivity index (χ3v) is 5.71. The number of piperidine rings is 1. The van der Waals surface area contributed by atoms with Crippen LogP contribution in [-0.4, -0.2) is 34.1 Å². The SMILES string of the molecule is Cn1nc(C2CCC(=O)NC2=O)c2cccc(OCC(=O)Nc3cc(C(F)(F)F)ccc3C(F)(F)F)c21. The van der Waals surface area contributed by atoms with E-state index in [-0.39, 0.29) is 36.8 Å². The number of carbonyl (C=O) groups excluding carboxylic acids is 3. The highest BCUT2D eigenvalue weighted by molar-refractivity contribution is 6.03. The Kier molecular flexibility index (Phi) is 6.60. The van der Waals surface area contributed by atoms with Gasteiger partial charge in [-0.25, -0.2) is 0 Å². The molecule has 1 fully saturated rings. The molecule has 14 heteroatoms. The van der Waals surface area contributed by atoms with Gasteiger partial charge in [-0.3, -0.25) is 24.4 Å². The quantitative estimate of drug-likeness (QED) is 0.383. The summed E-state index contributed by atoms with van der Waals surface area (Å²) in [7, 11) is 1.54. The summed E-state index contributed by atoms with van der Waals surface area (Å²) in [5.74, 6) is -2.65. The number of amides is 3. The lowest BCUT2D eigenvalue weighted by Crippen LogP contribution is -2.39. The first kappa shape index (κ1) is 26.0. The molecule has 2 heterocycles. The molecule has 1 aromatic heterocycles. The number of fused-ring (bicyclic) bond motifs is 1. The van der Waals surface area contributed by atoms with Gasteiger partial charge >= 0.3 is 12.4 Å². The zero-order valence-corrected chi connectivity index (χ0v) is 19.0. The molecule has 4 rings (SSSR count). The average Bonchev–Trinajstić information content (AvgIpc) is 3.13. The van der Waals surface area contributed by atoms with Crippen molar-refractivity contribution in [2.24, 2.45) is 7.05 Å². The Morgan fingerprint density at radius 1 is 1.14 bits per heavy atom. The number of hydrogen-bond donors (Lipinski definition) is 2. The number of ether oxygens (including phenoxy) is 1. The molecule has 8 nitrogen and oxygen atoms in total. The Balaban J connectivity index is 1.56. The Labute approximate surface area is 204 Å². The molecule has 3 amide bonds. The molecule has 37 heavy (non-hydrogen) atoms. The molecule has 1 aliphatic heterocycles. The molecule has 3 aromatic rings. The number of imide groups is 1. The molecular formula is C23H18F6N4O4. The fourth-order valence-corrected chi connectivity index (χ4v) is 4.06. The van der Waals surface area contributed by atoms with Crippen molar-refractivity contribution in [1.82, 2.24) is 15.1 Å². The molecular weight excluding hydrogens is 510 g/mol. The van der Waals surface area contributed by atoms with E-state index in [1.54, 1.807) is 19.2 Å². The van der Waals surface area contributed by atoms with Crippen LogP contribution in [0.25, 0.3) is 10.9 Å². The van der Waals surface area contributed by atoms with Crippen LogP contribution in [0.3, 0.4) is 0 Å². The van der Waals surface area contributed by atoms with Crippen molar-refractivity contribution in [2.45, 2.75) is 31.1 Å². The van der Waals surface area contributed by atoms with E-state index in [0.29, 0.717) is 16.6 Å². The van der Waals surface area contributed by atoms with E-state index in [1.165, 1.54) is 10.7 Å². The Hall–Kier alpha value is -4.10. The summed E-state index contributed by atoms with van der Waals surface area (Å²) in [6.07, 6.45) is -9.57. The van der Waals surface area contributed by atoms with Gasteiger partial charge in [0.1, 0.15) is 11.3 Å². The highest BCUT2D eigenvalue weighted by Gasteiger charge is 2.37. The maximum atomic E-state index is 13.3. The molecule has 2 N–H and O–H groups in total. The zero-order chi connectivity index (χ0) is 27.1. The monoisotopic (exact) mass is 528 g/mol. The number of nitrogens with one attached hydrogen (secondary N) is 2. The van der Waals surface area contributed by atoms with Crippen molar-refractivity contribution in [3.05, 3.63) is 53.2 Å². The van der Waals surface area contributed by atoms with Gasteiger partial charge in [0.25, 0.3) is 5.91 Å². The second kappa shape index (κ2) is 9.41. The fraction of sp³-hybridized carbons (Fsp3) is 0.304. The second-order valence-electron chi connectivity index (χ2n) is 8.26. The van der Waals surface area contributed by atoms with Gasteiger partial charge in [-0.2, -0.15) is 31.4 Å². The number of aromatic nitrogens is 2. The average molecular weight is 528 g/mol. The first-order chi connectivity index (χ1) is 17.3. The van der Waals surface area contributed by atoms with Crippen LogP contribution in [0.4, 0.5) is 32.0 Å². The van der Waals surface area contributed by atoms with E-state index in [0.717, 1.165) is 0 Å². The predicted octanol–water partition coefficient (Wildman–Crippen LogP) is 4.15. The van der Waals surface area contributed by atoms with Gasteiger partial charge < -0.3 is 10.1 Å². The van der Waals surface area contributed by atoms with Crippen molar-refractivity contribution >= 4 is 34.3 Å². The van der Waals surface area contributed by atoms with Gasteiger partial charge in [0, 0.05) is 18.9 Å². The number of benzene rings is 2. The van der Waals surface area contributed by atoms with E-state index < -0.39 is 59.4 Å². The largest absolute Gasteiger partial charge is 0.481 e. The van der Waals surface area contributed by atoms with Crippen molar-refractivity contribution in [3.63, 3.8) is 0 Å². The van der Waals surface area contributed by atoms with E-state index in [9.17, 15) is 40.7 Å². The molecule has 1 atom stereocenters. The lowest BCUT2D eigenvalue weighted by Gasteiger charge is -2.19. The van der Waals surface area contributed by atoms with Crippen LogP contribution in [-0.2, 0) is 33.8 Å². The first-order valence-electron chi connectivity index (χ1n) is 10.8. The van der Waals surface area contributed by atoms with E-state index in [1.807, 2.05) is 5.32 Å². The van der Waals surface area contributed by atoms with Crippen LogP contribution in [0.2, 0.25) is 0 Å². The van der Waals surface area contributed by atoms with Crippen LogP contribution in [0.1, 0.15) is 35.6 Å². The van der Waals surface area contributed by atoms with Crippen LogP contribution in [0.5, 0.6) is 5.75 Å². The molecule has 1 unspecified atom stereocenters. The van der Waals surface area contributed by atoms with Crippen molar-refractivity contribution < 1.29 is 45.5 Å². The minimum absolute atomic E-state index is 0.0984. The highest BCUT2D eigenvalue weighted by atomic mass is 19.4. The number of carbonyl (C=O) groups is 3. The fourth-order valence-electron chi connectivity index (χ4n) is 4.06. The van der Waals surface area contributed by atoms with Gasteiger partial charge in [-0.15, -0.1) is 0 Å². The summed E-state index contributed by atoms with van der Waals surface area (Å²) in [4.78, 5) is 36.1. The number of nitrogens with zero attached hydrogens (tertiary/aromatic N) is 2. The number of halogens is 6. The summed E-state index contributed by atoms with van der Waals surface area (Å²) in [6, 6.07) is 5.36. The predicted molar refractivity (Wildman–Crippen MR) is 116 cm³/mol. The third kappa shape index (κ3) is 5.37. The lowest BCUT2D eigenvalue weighted by molar-refractivity contribution is -0.141. The molecule has 1 saturated heterocycles. The summed E-state index contributed by atoms with van der Waals surface area (Å²) >= 11 is 0. The minimum Gasteiger partial charge on any atom is -0.481 e. The molecule has 0 radical (unpaired) electrons. The number of hydrogen-bond acceptors (Lipinski definition) is 5. The number of aryl methyl sites for hydroxylation is 1. The number of rotatable bonds is 5. The lowest BCUT2D eigenvalue weighted by atomic mass is 9.93. The Morgan fingerprint density at radius 2 is 1.86 bits per heavy atom. The second-order valence-corrected chi connectivity index (χ2v) is 8.26. The van der Waals surface area contributed by atoms with Gasteiger partial charge in [0.15, 0.2) is 6.61 Å². The summed E-state index contributed by atoms with van der Waals surface area (Å²) in [5.41, 5.74) is -3.13. The molecule has 0 spiro atoms. The van der Waals surface area contributed by atoms with Gasteiger partial charge in [-0.1, -0.05) is 12.1 Å². The van der Waals surface area contributed by atoms with Gasteiger partial charge in [0.05, 0.1) is 28.4 Å². The molecule has 0 saturated carbocycles. The Morgan fingerprint density at radius 3 is 2.51 bits per heavy atom. The van der Waals surface area contributed by atoms with E-state index in [2.05, 4.69) is 10.4 Å². The third-order valence-electron chi connectivity index (χ3n) is 5.71. The summed E-state index contributed by atoms with van der Waals surface area (Å²) in [5, 5.41) is 8.93. The maximum Gasteiger partial charge on any atom is 0.418 e. The normalized spacial score (nSPS) is 16.6. The van der Waals surface area contributed by atoms with Crippen LogP contribution >= 0.6 is 0 Å². The molecule has 1 aliphatic rings.